The standard InChI is InChI=1S/C26H31N3O5.2C25H30N4O4S.C25H30N4O3S2/c1-15(2)25(23-10-17(4)28-34-23)26(32)29-13-20(30)11-21(29)22(31)9-16(3)18-5-7-19(8-6-18)24-12-27-14-33-24;1-14(2)22(24-28-27-16(4)33-24)25(32)29-12-19(30)11-20(29)21(31)10-7-17-5-8-18(9-6-17)23-15(3)26-13-34-23;1-14(2)22(24-27-16(4)33-28-24)25(32)29-12-19(30)11-20(29)21(31)10-7-17-5-8-18(9-6-17)23-15(3)26-13-34-23;1-14(2)22(24-27-16(4)34-28-24)25(32)29-12-19(30)11-20(29)21(31)10-7-17-5-8-18(9-6-17)23-15(3)26-13-33-23/h5-8,10,12,14-16,20-21,25,30H,9,11,13H2,1-4H3;3*5-6,8-9,13-14,19-20,22,30H,7,10-12H2,1-4H3/t16-,20-,21+,25-;3*19-,20+,22-/m1111/s1. The highest BCUT2D eigenvalue weighted by molar-refractivity contribution is 7.14. The Kier molecular flexibility index (Phi) is 34.5. The second-order valence-corrected chi connectivity index (χ2v) is 40.7. The zero-order chi connectivity index (χ0) is 97.6. The lowest BCUT2D eigenvalue weighted by molar-refractivity contribution is -0.140. The van der Waals surface area contributed by atoms with Gasteiger partial charge in [-0.1, -0.05) is 170 Å². The summed E-state index contributed by atoms with van der Waals surface area (Å²) in [6.45, 7) is 31.0. The van der Waals surface area contributed by atoms with Crippen LogP contribution in [0.3, 0.4) is 0 Å². The number of likely N-dealkylation sites (tertiary alicyclic amines) is 4. The number of hydrogen-bond acceptors (Lipinski definition) is 31. The van der Waals surface area contributed by atoms with Crippen LogP contribution in [0, 0.1) is 72.1 Å². The quantitative estimate of drug-likeness (QED) is 0.0304. The Bertz CT molecular complexity index is 5600. The molecule has 0 bridgehead atoms. The minimum Gasteiger partial charge on any atom is -0.444 e. The Morgan fingerprint density at radius 3 is 1.15 bits per heavy atom. The summed E-state index contributed by atoms with van der Waals surface area (Å²) < 4.78 is 25.7. The highest BCUT2D eigenvalue weighted by atomic mass is 32.1. The fraction of sp³-hybridized carbons (Fsp3) is 0.475. The summed E-state index contributed by atoms with van der Waals surface area (Å²) >= 11 is 6.11. The van der Waals surface area contributed by atoms with Crippen molar-refractivity contribution in [2.75, 3.05) is 26.2 Å². The van der Waals surface area contributed by atoms with E-state index >= 15 is 0 Å². The molecule has 4 saturated heterocycles. The Balaban J connectivity index is 0.000000153. The van der Waals surface area contributed by atoms with Gasteiger partial charge in [0.1, 0.15) is 34.4 Å². The summed E-state index contributed by atoms with van der Waals surface area (Å²) in [5, 5.41) is 57.8. The zero-order valence-corrected chi connectivity index (χ0v) is 82.9. The van der Waals surface area contributed by atoms with Crippen LogP contribution in [0.4, 0.5) is 0 Å². The van der Waals surface area contributed by atoms with E-state index in [1.165, 1.54) is 32.6 Å². The number of aryl methyl sites for hydroxylation is 10. The van der Waals surface area contributed by atoms with Crippen LogP contribution >= 0.6 is 45.5 Å². The molecular formula is C101H121N15O16S4. The largest absolute Gasteiger partial charge is 0.444 e. The molecule has 12 aromatic rings. The van der Waals surface area contributed by atoms with Crippen LogP contribution < -0.4 is 0 Å². The van der Waals surface area contributed by atoms with Gasteiger partial charge in [-0.25, -0.2) is 24.9 Å². The third-order valence-corrected chi connectivity index (χ3v) is 29.0. The third-order valence-electron chi connectivity index (χ3n) is 25.4. The molecule has 4 amide bonds. The lowest BCUT2D eigenvalue weighted by Crippen LogP contribution is -2.44. The van der Waals surface area contributed by atoms with Crippen molar-refractivity contribution in [3.05, 3.63) is 217 Å². The predicted octanol–water partition coefficient (Wildman–Crippen LogP) is 15.7. The number of hydrogen-bond donors (Lipinski definition) is 4. The zero-order valence-electron chi connectivity index (χ0n) is 79.7. The first-order valence-electron chi connectivity index (χ1n) is 46.3. The van der Waals surface area contributed by atoms with Crippen LogP contribution in [0.5, 0.6) is 0 Å². The molecule has 31 nitrogen and oxygen atoms in total. The van der Waals surface area contributed by atoms with Gasteiger partial charge >= 0.3 is 0 Å². The summed E-state index contributed by atoms with van der Waals surface area (Å²) in [6.07, 6.45) is 4.15. The molecule has 4 N–H and O–H groups in total. The average molecular weight is 1930 g/mol. The number of carbonyl (C=O) groups excluding carboxylic acids is 8. The fourth-order valence-electron chi connectivity index (χ4n) is 18.2. The van der Waals surface area contributed by atoms with E-state index < -0.39 is 72.3 Å². The SMILES string of the molecule is Cc1cc([C@H](C(=O)N2C[C@H](O)C[C@H]2C(=O)C[C@@H](C)c2ccc(-c3cnco3)cc2)C(C)C)on1.Cc1nc([C@H](C(=O)N2C[C@H](O)C[C@H]2C(=O)CCc2ccc(-c3scnc3C)cc2)C(C)C)no1.Cc1nc([C@H](C(=O)N2C[C@H](O)C[C@H]2C(=O)CCc2ccc(-c3scnc3C)cc2)C(C)C)ns1.Cc1nnc([C@H](C(=O)N2C[C@H](O)C[C@H]2C(=O)CCc2ccc(-c3scnc3C)cc2)C(C)C)o1. The van der Waals surface area contributed by atoms with Crippen molar-refractivity contribution in [1.82, 2.24) is 74.4 Å². The third kappa shape index (κ3) is 25.1. The van der Waals surface area contributed by atoms with Crippen molar-refractivity contribution in [3.63, 3.8) is 0 Å². The van der Waals surface area contributed by atoms with E-state index in [1.54, 1.807) is 71.9 Å². The second kappa shape index (κ2) is 46.1. The van der Waals surface area contributed by atoms with Crippen LogP contribution in [-0.4, -0.2) is 216 Å². The van der Waals surface area contributed by atoms with E-state index in [-0.39, 0.29) is 141 Å². The molecule has 720 valence electrons. The van der Waals surface area contributed by atoms with E-state index in [0.717, 1.165) is 81.2 Å². The van der Waals surface area contributed by atoms with Gasteiger partial charge in [-0.3, -0.25) is 38.4 Å². The first-order valence-corrected chi connectivity index (χ1v) is 49.7. The highest BCUT2D eigenvalue weighted by Gasteiger charge is 2.48. The molecule has 0 aliphatic carbocycles. The van der Waals surface area contributed by atoms with Gasteiger partial charge in [0.25, 0.3) is 0 Å². The van der Waals surface area contributed by atoms with Gasteiger partial charge < -0.3 is 57.9 Å². The minimum atomic E-state index is -0.725. The summed E-state index contributed by atoms with van der Waals surface area (Å²) in [7, 11) is 0. The lowest BCUT2D eigenvalue weighted by Gasteiger charge is -2.29. The predicted molar refractivity (Wildman–Crippen MR) is 516 cm³/mol. The van der Waals surface area contributed by atoms with Gasteiger partial charge in [0.15, 0.2) is 46.9 Å². The van der Waals surface area contributed by atoms with Crippen LogP contribution in [0.1, 0.15) is 228 Å². The number of oxazole rings is 1. The van der Waals surface area contributed by atoms with Crippen molar-refractivity contribution >= 4 is 92.3 Å². The van der Waals surface area contributed by atoms with Crippen molar-refractivity contribution in [2.45, 2.75) is 260 Å². The number of nitrogens with zero attached hydrogens (tertiary/aromatic N) is 15. The Morgan fingerprint density at radius 1 is 0.434 bits per heavy atom. The minimum absolute atomic E-state index is 0.0165. The number of aromatic nitrogens is 11. The molecule has 4 aromatic carbocycles. The molecule has 4 aliphatic rings. The molecule has 0 radical (unpaired) electrons. The number of amides is 4. The fourth-order valence-corrected chi connectivity index (χ4v) is 21.2. The van der Waals surface area contributed by atoms with Gasteiger partial charge in [0, 0.05) is 103 Å². The van der Waals surface area contributed by atoms with Gasteiger partial charge in [0.2, 0.25) is 41.3 Å². The van der Waals surface area contributed by atoms with E-state index in [0.29, 0.717) is 79.2 Å². The molecule has 4 fully saturated rings. The maximum atomic E-state index is 13.5. The molecule has 12 heterocycles. The Morgan fingerprint density at radius 2 is 0.824 bits per heavy atom. The number of carbonyl (C=O) groups is 8. The number of aliphatic hydroxyl groups excluding tert-OH is 4. The van der Waals surface area contributed by atoms with Crippen molar-refractivity contribution in [3.8, 4) is 42.6 Å². The Labute approximate surface area is 807 Å². The number of aliphatic hydroxyl groups is 4. The summed E-state index contributed by atoms with van der Waals surface area (Å²) in [4.78, 5) is 142. The Hall–Kier alpha value is -11.6. The van der Waals surface area contributed by atoms with Gasteiger partial charge in [-0.2, -0.15) is 9.36 Å². The monoisotopic (exact) mass is 1930 g/mol. The van der Waals surface area contributed by atoms with E-state index in [9.17, 15) is 58.8 Å². The van der Waals surface area contributed by atoms with E-state index in [4.69, 9.17) is 17.9 Å². The smallest absolute Gasteiger partial charge is 0.236 e. The molecule has 16 rings (SSSR count). The second-order valence-electron chi connectivity index (χ2n) is 37.2. The number of ketones is 4. The van der Waals surface area contributed by atoms with Crippen LogP contribution in [-0.2, 0) is 57.6 Å². The molecule has 13 atom stereocenters. The molecule has 8 aromatic heterocycles. The first-order chi connectivity index (χ1) is 65.0. The number of thiazole rings is 3. The normalized spacial score (nSPS) is 19.3. The van der Waals surface area contributed by atoms with Gasteiger partial charge in [-0.05, 0) is 134 Å². The maximum Gasteiger partial charge on any atom is 0.236 e. The molecular weight excluding hydrogens is 1810 g/mol. The highest BCUT2D eigenvalue weighted by Crippen LogP contribution is 2.40. The summed E-state index contributed by atoms with van der Waals surface area (Å²) in [5.74, 6) is -0.620. The van der Waals surface area contributed by atoms with Crippen LogP contribution in [0.25, 0.3) is 42.6 Å². The molecule has 136 heavy (non-hydrogen) atoms. The molecule has 0 spiro atoms. The van der Waals surface area contributed by atoms with Crippen molar-refractivity contribution in [1.29, 1.82) is 0 Å². The number of Topliss-reactive ketones (excluding diaryl/α,β-unsaturated/α-hetero) is 4. The summed E-state index contributed by atoms with van der Waals surface area (Å²) in [6, 6.07) is 31.6. The van der Waals surface area contributed by atoms with E-state index in [2.05, 4.69) is 91.2 Å². The number of benzene rings is 4. The van der Waals surface area contributed by atoms with Gasteiger partial charge in [-0.15, -0.1) is 44.2 Å². The van der Waals surface area contributed by atoms with Crippen molar-refractivity contribution in [2.24, 2.45) is 23.7 Å². The summed E-state index contributed by atoms with van der Waals surface area (Å²) in [5.41, 5.74) is 17.7. The maximum absolute atomic E-state index is 13.5. The molecule has 0 saturated carbocycles. The molecule has 35 heteroatoms. The first kappa shape index (κ1) is 102. The molecule has 0 unspecified atom stereocenters. The van der Waals surface area contributed by atoms with Crippen LogP contribution in [0.2, 0.25) is 0 Å². The number of rotatable bonds is 32. The number of β-amino-alcohol motifs (C(OH)–C–C–N with tert-alkyl or cyclic N) is 4. The topological polar surface area (TPSA) is 425 Å². The van der Waals surface area contributed by atoms with Gasteiger partial charge in [0.05, 0.1) is 109 Å². The average Bonchev–Trinajstić information content (AvgIpc) is 1.64. The lowest BCUT2D eigenvalue weighted by atomic mass is 9.89. The van der Waals surface area contributed by atoms with Crippen LogP contribution in [0.15, 0.2) is 150 Å². The van der Waals surface area contributed by atoms with Crippen molar-refractivity contribution < 1.29 is 76.7 Å². The molecule has 4 aliphatic heterocycles. The van der Waals surface area contributed by atoms with E-state index in [1.807, 2.05) is 167 Å².